The van der Waals surface area contributed by atoms with E-state index in [2.05, 4.69) is 0 Å². The molecule has 0 aliphatic carbocycles. The number of rotatable bonds is 8. The van der Waals surface area contributed by atoms with Gasteiger partial charge in [0.25, 0.3) is 0 Å². The fraction of sp³-hybridized carbons (Fsp3) is 0.300. The molecule has 142 valence electrons. The Labute approximate surface area is 162 Å². The Balaban J connectivity index is 1.44. The van der Waals surface area contributed by atoms with Crippen molar-refractivity contribution in [1.82, 2.24) is 4.90 Å². The zero-order valence-corrected chi connectivity index (χ0v) is 15.4. The number of carboxylic acids is 1. The molecule has 27 heavy (non-hydrogen) atoms. The van der Waals surface area contributed by atoms with Crippen LogP contribution in [0.15, 0.2) is 48.5 Å². The summed E-state index contributed by atoms with van der Waals surface area (Å²) in [5.74, 6) is -0.350. The van der Waals surface area contributed by atoms with Crippen molar-refractivity contribution in [3.63, 3.8) is 0 Å². The summed E-state index contributed by atoms with van der Waals surface area (Å²) in [6, 6.07) is 14.6. The molecule has 0 radical (unpaired) electrons. The number of benzene rings is 2. The lowest BCUT2D eigenvalue weighted by atomic mass is 10.1. The largest absolute Gasteiger partial charge is 0.490 e. The molecule has 0 saturated carbocycles. The zero-order chi connectivity index (χ0) is 19.2. The van der Waals surface area contributed by atoms with Crippen LogP contribution in [0.3, 0.4) is 0 Å². The molecule has 0 spiro atoms. The van der Waals surface area contributed by atoms with Gasteiger partial charge in [0.15, 0.2) is 0 Å². The monoisotopic (exact) mass is 389 g/mol. The number of hydrogen-bond donors (Lipinski definition) is 1. The third-order valence-electron chi connectivity index (χ3n) is 4.31. The molecule has 3 rings (SSSR count). The predicted molar refractivity (Wildman–Crippen MR) is 100 cm³/mol. The minimum absolute atomic E-state index is 0.0714. The molecule has 1 aliphatic heterocycles. The van der Waals surface area contributed by atoms with E-state index >= 15 is 0 Å². The first-order valence-electron chi connectivity index (χ1n) is 8.62. The van der Waals surface area contributed by atoms with E-state index in [1.807, 2.05) is 36.4 Å². The number of amides is 1. The quantitative estimate of drug-likeness (QED) is 0.701. The fourth-order valence-corrected chi connectivity index (χ4v) is 3.07. The number of para-hydroxylation sites is 1. The number of carbonyl (C=O) groups excluding carboxylic acids is 1. The van der Waals surface area contributed by atoms with Crippen molar-refractivity contribution in [2.75, 3.05) is 19.8 Å². The minimum atomic E-state index is -0.923. The number of likely N-dealkylation sites (tertiary alicyclic amines) is 1. The van der Waals surface area contributed by atoms with Crippen molar-refractivity contribution in [1.29, 1.82) is 0 Å². The third kappa shape index (κ3) is 5.14. The summed E-state index contributed by atoms with van der Waals surface area (Å²) in [7, 11) is 0. The van der Waals surface area contributed by atoms with Gasteiger partial charge < -0.3 is 19.5 Å². The Kier molecular flexibility index (Phi) is 6.19. The van der Waals surface area contributed by atoms with Crippen molar-refractivity contribution >= 4 is 23.5 Å². The van der Waals surface area contributed by atoms with Crippen LogP contribution < -0.4 is 9.47 Å². The second-order valence-corrected chi connectivity index (χ2v) is 6.69. The summed E-state index contributed by atoms with van der Waals surface area (Å²) < 4.78 is 11.2. The van der Waals surface area contributed by atoms with Crippen LogP contribution in [0.25, 0.3) is 0 Å². The highest BCUT2D eigenvalue weighted by Gasteiger charge is 2.33. The number of halogens is 1. The van der Waals surface area contributed by atoms with Gasteiger partial charge in [-0.1, -0.05) is 35.9 Å². The van der Waals surface area contributed by atoms with Crippen LogP contribution in [0.2, 0.25) is 5.02 Å². The zero-order valence-electron chi connectivity index (χ0n) is 14.6. The van der Waals surface area contributed by atoms with E-state index in [9.17, 15) is 9.59 Å². The normalized spacial score (nSPS) is 16.4. The van der Waals surface area contributed by atoms with Gasteiger partial charge in [0.2, 0.25) is 5.91 Å². The van der Waals surface area contributed by atoms with Crippen LogP contribution >= 0.6 is 11.6 Å². The van der Waals surface area contributed by atoms with Crippen LogP contribution in [-0.4, -0.2) is 41.6 Å². The number of nitrogens with zero attached hydrogens (tertiary/aromatic N) is 1. The van der Waals surface area contributed by atoms with Crippen molar-refractivity contribution in [3.8, 4) is 11.5 Å². The molecule has 1 unspecified atom stereocenters. The molecular weight excluding hydrogens is 370 g/mol. The molecule has 1 saturated heterocycles. The molecule has 1 atom stereocenters. The lowest BCUT2D eigenvalue weighted by Gasteiger charge is -2.16. The van der Waals surface area contributed by atoms with Gasteiger partial charge in [0.05, 0.1) is 10.9 Å². The standard InChI is InChI=1S/C20H20ClNO5/c21-17-3-1-2-4-18(17)27-10-9-26-16-7-5-14(6-8-16)12-22-13-15(20(24)25)11-19(22)23/h1-8,15H,9-13H2,(H,24,25). The van der Waals surface area contributed by atoms with Crippen LogP contribution in [0, 0.1) is 5.92 Å². The number of carboxylic acid groups (broad SMARTS) is 1. The average Bonchev–Trinajstić information content (AvgIpc) is 3.02. The highest BCUT2D eigenvalue weighted by atomic mass is 35.5. The second kappa shape index (κ2) is 8.77. The molecular formula is C20H20ClNO5. The molecule has 1 aliphatic rings. The van der Waals surface area contributed by atoms with E-state index in [-0.39, 0.29) is 18.9 Å². The van der Waals surface area contributed by atoms with Crippen molar-refractivity contribution in [3.05, 3.63) is 59.1 Å². The Morgan fingerprint density at radius 1 is 1.11 bits per heavy atom. The van der Waals surface area contributed by atoms with Crippen LogP contribution in [0.1, 0.15) is 12.0 Å². The summed E-state index contributed by atoms with van der Waals surface area (Å²) in [6.45, 7) is 1.39. The maximum Gasteiger partial charge on any atom is 0.308 e. The Morgan fingerprint density at radius 3 is 2.48 bits per heavy atom. The van der Waals surface area contributed by atoms with Crippen molar-refractivity contribution in [2.45, 2.75) is 13.0 Å². The van der Waals surface area contributed by atoms with Crippen LogP contribution in [0.5, 0.6) is 11.5 Å². The lowest BCUT2D eigenvalue weighted by Crippen LogP contribution is -2.25. The van der Waals surface area contributed by atoms with E-state index in [0.29, 0.717) is 36.3 Å². The summed E-state index contributed by atoms with van der Waals surface area (Å²) in [6.07, 6.45) is 0.0714. The van der Waals surface area contributed by atoms with Gasteiger partial charge in [-0.15, -0.1) is 0 Å². The Hall–Kier alpha value is -2.73. The number of aliphatic carboxylic acids is 1. The molecule has 2 aromatic rings. The summed E-state index contributed by atoms with van der Waals surface area (Å²) in [4.78, 5) is 24.5. The van der Waals surface area contributed by atoms with Gasteiger partial charge in [-0.05, 0) is 29.8 Å². The lowest BCUT2D eigenvalue weighted by molar-refractivity contribution is -0.141. The minimum Gasteiger partial charge on any atom is -0.490 e. The summed E-state index contributed by atoms with van der Waals surface area (Å²) >= 11 is 6.02. The van der Waals surface area contributed by atoms with Crippen LogP contribution in [-0.2, 0) is 16.1 Å². The van der Waals surface area contributed by atoms with Gasteiger partial charge in [0, 0.05) is 19.5 Å². The number of ether oxygens (including phenoxy) is 2. The predicted octanol–water partition coefficient (Wildman–Crippen LogP) is 3.23. The highest BCUT2D eigenvalue weighted by Crippen LogP contribution is 2.23. The Bertz CT molecular complexity index is 808. The summed E-state index contributed by atoms with van der Waals surface area (Å²) in [5, 5.41) is 9.59. The average molecular weight is 390 g/mol. The Morgan fingerprint density at radius 2 is 1.81 bits per heavy atom. The third-order valence-corrected chi connectivity index (χ3v) is 4.62. The van der Waals surface area contributed by atoms with E-state index in [1.54, 1.807) is 17.0 Å². The number of carbonyl (C=O) groups is 2. The molecule has 6 nitrogen and oxygen atoms in total. The van der Waals surface area contributed by atoms with Crippen LogP contribution in [0.4, 0.5) is 0 Å². The molecule has 7 heteroatoms. The topological polar surface area (TPSA) is 76.1 Å². The van der Waals surface area contributed by atoms with E-state index in [0.717, 1.165) is 5.56 Å². The molecule has 0 aromatic heterocycles. The van der Waals surface area contributed by atoms with Crippen molar-refractivity contribution < 1.29 is 24.2 Å². The number of hydrogen-bond acceptors (Lipinski definition) is 4. The molecule has 1 heterocycles. The maximum atomic E-state index is 11.9. The molecule has 2 aromatic carbocycles. The molecule has 1 amide bonds. The summed E-state index contributed by atoms with van der Waals surface area (Å²) in [5.41, 5.74) is 0.925. The van der Waals surface area contributed by atoms with Gasteiger partial charge in [-0.3, -0.25) is 9.59 Å². The molecule has 1 fully saturated rings. The van der Waals surface area contributed by atoms with E-state index in [1.165, 1.54) is 0 Å². The van der Waals surface area contributed by atoms with E-state index in [4.69, 9.17) is 26.2 Å². The SMILES string of the molecule is O=C(O)C1CC(=O)N(Cc2ccc(OCCOc3ccccc3Cl)cc2)C1. The van der Waals surface area contributed by atoms with E-state index < -0.39 is 11.9 Å². The first-order chi connectivity index (χ1) is 13.0. The highest BCUT2D eigenvalue weighted by molar-refractivity contribution is 6.32. The molecule has 1 N–H and O–H groups in total. The van der Waals surface area contributed by atoms with Gasteiger partial charge in [0.1, 0.15) is 24.7 Å². The van der Waals surface area contributed by atoms with Gasteiger partial charge in [-0.2, -0.15) is 0 Å². The first-order valence-corrected chi connectivity index (χ1v) is 9.00. The molecule has 0 bridgehead atoms. The van der Waals surface area contributed by atoms with Crippen molar-refractivity contribution in [2.24, 2.45) is 5.92 Å². The van der Waals surface area contributed by atoms with Gasteiger partial charge in [-0.25, -0.2) is 0 Å². The fourth-order valence-electron chi connectivity index (χ4n) is 2.87. The smallest absolute Gasteiger partial charge is 0.308 e. The second-order valence-electron chi connectivity index (χ2n) is 6.28. The van der Waals surface area contributed by atoms with Gasteiger partial charge >= 0.3 is 5.97 Å². The maximum absolute atomic E-state index is 11.9. The first kappa shape index (κ1) is 19.0.